The number of anilines is 1. The Labute approximate surface area is 123 Å². The maximum atomic E-state index is 6.05. The van der Waals surface area contributed by atoms with Crippen LogP contribution in [0, 0.1) is 12.3 Å². The van der Waals surface area contributed by atoms with Gasteiger partial charge >= 0.3 is 0 Å². The van der Waals surface area contributed by atoms with Crippen LogP contribution < -0.4 is 4.90 Å². The minimum atomic E-state index is 0.170. The summed E-state index contributed by atoms with van der Waals surface area (Å²) in [6, 6.07) is 2.49. The number of nitrogens with zero attached hydrogens (tertiary/aromatic N) is 3. The Morgan fingerprint density at radius 3 is 2.53 bits per heavy atom. The standard InChI is InChI=1S/C14H20ClN3S/c1-8-7-10-11(16-13(15)17-12(10)19-8)18(6)9(2)14(3,4)5/h7,9H,1-6H3. The molecular weight excluding hydrogens is 278 g/mol. The van der Waals surface area contributed by atoms with Crippen LogP contribution in [-0.2, 0) is 0 Å². The second-order valence-electron chi connectivity index (χ2n) is 6.05. The van der Waals surface area contributed by atoms with Crippen LogP contribution in [0.25, 0.3) is 10.2 Å². The fourth-order valence-corrected chi connectivity index (χ4v) is 3.12. The molecule has 0 aliphatic heterocycles. The van der Waals surface area contributed by atoms with Crippen LogP contribution in [0.5, 0.6) is 0 Å². The molecule has 0 radical (unpaired) electrons. The first-order valence-electron chi connectivity index (χ1n) is 6.36. The monoisotopic (exact) mass is 297 g/mol. The van der Waals surface area contributed by atoms with Gasteiger partial charge in [-0.1, -0.05) is 20.8 Å². The average Bonchev–Trinajstić information content (AvgIpc) is 2.64. The first-order chi connectivity index (χ1) is 8.70. The highest BCUT2D eigenvalue weighted by atomic mass is 35.5. The van der Waals surface area contributed by atoms with E-state index in [4.69, 9.17) is 11.6 Å². The van der Waals surface area contributed by atoms with Crippen molar-refractivity contribution in [1.82, 2.24) is 9.97 Å². The molecule has 0 saturated carbocycles. The second-order valence-corrected chi connectivity index (χ2v) is 7.62. The van der Waals surface area contributed by atoms with Gasteiger partial charge in [-0.05, 0) is 36.9 Å². The molecule has 2 rings (SSSR count). The van der Waals surface area contributed by atoms with Gasteiger partial charge in [-0.3, -0.25) is 0 Å². The second kappa shape index (κ2) is 4.91. The smallest absolute Gasteiger partial charge is 0.225 e. The van der Waals surface area contributed by atoms with Crippen LogP contribution in [0.4, 0.5) is 5.82 Å². The number of halogens is 1. The lowest BCUT2D eigenvalue weighted by molar-refractivity contribution is 0.329. The summed E-state index contributed by atoms with van der Waals surface area (Å²) < 4.78 is 0. The molecule has 5 heteroatoms. The van der Waals surface area contributed by atoms with E-state index in [1.165, 1.54) is 4.88 Å². The number of hydrogen-bond acceptors (Lipinski definition) is 4. The molecule has 0 saturated heterocycles. The molecule has 2 aromatic rings. The highest BCUT2D eigenvalue weighted by Crippen LogP contribution is 2.34. The number of thiophene rings is 1. The summed E-state index contributed by atoms with van der Waals surface area (Å²) in [6.07, 6.45) is 0. The topological polar surface area (TPSA) is 29.0 Å². The summed E-state index contributed by atoms with van der Waals surface area (Å²) in [5.41, 5.74) is 0.170. The van der Waals surface area contributed by atoms with Gasteiger partial charge in [0.2, 0.25) is 5.28 Å². The summed E-state index contributed by atoms with van der Waals surface area (Å²) in [4.78, 5) is 13.1. The molecule has 1 unspecified atom stereocenters. The number of hydrogen-bond donors (Lipinski definition) is 0. The quantitative estimate of drug-likeness (QED) is 0.763. The molecular formula is C14H20ClN3S. The molecule has 0 fully saturated rings. The van der Waals surface area contributed by atoms with Crippen molar-refractivity contribution < 1.29 is 0 Å². The number of rotatable bonds is 2. The van der Waals surface area contributed by atoms with Gasteiger partial charge in [0.25, 0.3) is 0 Å². The Hall–Kier alpha value is -0.870. The molecule has 0 amide bonds. The third-order valence-electron chi connectivity index (χ3n) is 3.64. The molecule has 3 nitrogen and oxygen atoms in total. The van der Waals surface area contributed by atoms with Crippen molar-refractivity contribution in [2.24, 2.45) is 5.41 Å². The molecule has 0 spiro atoms. The van der Waals surface area contributed by atoms with Crippen molar-refractivity contribution in [3.05, 3.63) is 16.2 Å². The van der Waals surface area contributed by atoms with E-state index in [9.17, 15) is 0 Å². The molecule has 2 heterocycles. The number of aryl methyl sites for hydroxylation is 1. The zero-order valence-electron chi connectivity index (χ0n) is 12.3. The maximum absolute atomic E-state index is 6.05. The van der Waals surface area contributed by atoms with Gasteiger partial charge < -0.3 is 4.90 Å². The lowest BCUT2D eigenvalue weighted by Gasteiger charge is -2.36. The van der Waals surface area contributed by atoms with Crippen molar-refractivity contribution in [1.29, 1.82) is 0 Å². The van der Waals surface area contributed by atoms with E-state index in [2.05, 4.69) is 62.6 Å². The van der Waals surface area contributed by atoms with E-state index in [1.54, 1.807) is 11.3 Å². The van der Waals surface area contributed by atoms with Crippen molar-refractivity contribution >= 4 is 39.0 Å². The summed E-state index contributed by atoms with van der Waals surface area (Å²) >= 11 is 7.71. The molecule has 0 bridgehead atoms. The van der Waals surface area contributed by atoms with Gasteiger partial charge in [0.1, 0.15) is 10.6 Å². The third-order valence-corrected chi connectivity index (χ3v) is 4.75. The van der Waals surface area contributed by atoms with Gasteiger partial charge in [0.05, 0.1) is 5.39 Å². The van der Waals surface area contributed by atoms with Crippen molar-refractivity contribution in [3.8, 4) is 0 Å². The van der Waals surface area contributed by atoms with Gasteiger partial charge in [0, 0.05) is 18.0 Å². The number of aromatic nitrogens is 2. The fourth-order valence-electron chi connectivity index (χ4n) is 2.03. The number of fused-ring (bicyclic) bond motifs is 1. The van der Waals surface area contributed by atoms with E-state index in [-0.39, 0.29) is 5.41 Å². The molecule has 0 N–H and O–H groups in total. The Morgan fingerprint density at radius 1 is 1.32 bits per heavy atom. The normalized spacial score (nSPS) is 13.8. The summed E-state index contributed by atoms with van der Waals surface area (Å²) in [5, 5.41) is 1.41. The van der Waals surface area contributed by atoms with Crippen LogP contribution in [0.15, 0.2) is 6.07 Å². The largest absolute Gasteiger partial charge is 0.356 e. The van der Waals surface area contributed by atoms with Crippen LogP contribution in [-0.4, -0.2) is 23.1 Å². The molecule has 0 aliphatic carbocycles. The first-order valence-corrected chi connectivity index (χ1v) is 7.56. The Kier molecular flexibility index (Phi) is 3.76. The minimum absolute atomic E-state index is 0.170. The van der Waals surface area contributed by atoms with Crippen molar-refractivity contribution in [2.75, 3.05) is 11.9 Å². The molecule has 19 heavy (non-hydrogen) atoms. The zero-order chi connectivity index (χ0) is 14.4. The Morgan fingerprint density at radius 2 is 1.95 bits per heavy atom. The highest BCUT2D eigenvalue weighted by molar-refractivity contribution is 7.18. The lowest BCUT2D eigenvalue weighted by atomic mass is 9.87. The van der Waals surface area contributed by atoms with E-state index in [1.807, 2.05) is 0 Å². The molecule has 2 aromatic heterocycles. The van der Waals surface area contributed by atoms with Gasteiger partial charge in [-0.25, -0.2) is 4.98 Å². The zero-order valence-corrected chi connectivity index (χ0v) is 13.9. The molecule has 1 atom stereocenters. The predicted octanol–water partition coefficient (Wildman–Crippen LogP) is 4.52. The summed E-state index contributed by atoms with van der Waals surface area (Å²) in [5.74, 6) is 0.918. The maximum Gasteiger partial charge on any atom is 0.225 e. The minimum Gasteiger partial charge on any atom is -0.356 e. The third kappa shape index (κ3) is 2.84. The molecule has 0 aliphatic rings. The van der Waals surface area contributed by atoms with Crippen LogP contribution in [0.3, 0.4) is 0 Å². The Balaban J connectivity index is 2.55. The van der Waals surface area contributed by atoms with Crippen LogP contribution in [0.1, 0.15) is 32.6 Å². The summed E-state index contributed by atoms with van der Waals surface area (Å²) in [6.45, 7) is 11.0. The van der Waals surface area contributed by atoms with E-state index >= 15 is 0 Å². The van der Waals surface area contributed by atoms with E-state index in [0.29, 0.717) is 11.3 Å². The SMILES string of the molecule is Cc1cc2c(N(C)C(C)C(C)(C)C)nc(Cl)nc2s1. The van der Waals surface area contributed by atoms with E-state index in [0.717, 1.165) is 16.0 Å². The highest BCUT2D eigenvalue weighted by Gasteiger charge is 2.26. The average molecular weight is 298 g/mol. The Bertz CT molecular complexity index is 600. The summed E-state index contributed by atoms with van der Waals surface area (Å²) in [7, 11) is 2.07. The fraction of sp³-hybridized carbons (Fsp3) is 0.571. The van der Waals surface area contributed by atoms with Gasteiger partial charge in [-0.2, -0.15) is 4.98 Å². The van der Waals surface area contributed by atoms with E-state index < -0.39 is 0 Å². The molecule has 0 aromatic carbocycles. The lowest BCUT2D eigenvalue weighted by Crippen LogP contribution is -2.39. The molecule has 104 valence electrons. The van der Waals surface area contributed by atoms with Crippen molar-refractivity contribution in [2.45, 2.75) is 40.7 Å². The first kappa shape index (κ1) is 14.5. The predicted molar refractivity (Wildman–Crippen MR) is 84.5 cm³/mol. The van der Waals surface area contributed by atoms with Gasteiger partial charge in [0.15, 0.2) is 0 Å². The van der Waals surface area contributed by atoms with Gasteiger partial charge in [-0.15, -0.1) is 11.3 Å². The van der Waals surface area contributed by atoms with Crippen LogP contribution >= 0.6 is 22.9 Å². The van der Waals surface area contributed by atoms with Crippen LogP contribution in [0.2, 0.25) is 5.28 Å². The van der Waals surface area contributed by atoms with Crippen molar-refractivity contribution in [3.63, 3.8) is 0 Å².